The minimum atomic E-state index is -0.421. The van der Waals surface area contributed by atoms with E-state index in [0.29, 0.717) is 5.56 Å². The van der Waals surface area contributed by atoms with Crippen LogP contribution in [0.5, 0.6) is 0 Å². The molecule has 0 bridgehead atoms. The Kier molecular flexibility index (Phi) is 3.83. The molecule has 0 aliphatic rings. The molecule has 2 unspecified atom stereocenters. The van der Waals surface area contributed by atoms with Gasteiger partial charge >= 0.3 is 0 Å². The molecular formula is C12H18FNO. The molecule has 2 nitrogen and oxygen atoms in total. The molecule has 2 N–H and O–H groups in total. The molecule has 0 radical (unpaired) electrons. The maximum atomic E-state index is 13.7. The average molecular weight is 211 g/mol. The predicted molar refractivity (Wildman–Crippen MR) is 59.3 cm³/mol. The highest BCUT2D eigenvalue weighted by molar-refractivity contribution is 5.34. The third-order valence-electron chi connectivity index (χ3n) is 2.69. The Morgan fingerprint density at radius 3 is 2.40 bits per heavy atom. The first-order valence-corrected chi connectivity index (χ1v) is 5.02. The number of rotatable bonds is 3. The first kappa shape index (κ1) is 12.1. The van der Waals surface area contributed by atoms with Crippen LogP contribution in [0.4, 0.5) is 4.39 Å². The monoisotopic (exact) mass is 211 g/mol. The second-order valence-electron chi connectivity index (χ2n) is 3.94. The lowest BCUT2D eigenvalue weighted by Gasteiger charge is -2.21. The summed E-state index contributed by atoms with van der Waals surface area (Å²) in [5, 5.41) is 0. The van der Waals surface area contributed by atoms with Crippen molar-refractivity contribution in [2.45, 2.75) is 32.9 Å². The fourth-order valence-corrected chi connectivity index (χ4v) is 1.73. The molecule has 0 aliphatic heterocycles. The third kappa shape index (κ3) is 2.55. The van der Waals surface area contributed by atoms with Gasteiger partial charge in [0.2, 0.25) is 0 Å². The molecule has 1 aromatic rings. The number of halogens is 1. The van der Waals surface area contributed by atoms with Gasteiger partial charge in [0.15, 0.2) is 0 Å². The van der Waals surface area contributed by atoms with Gasteiger partial charge in [-0.15, -0.1) is 0 Å². The summed E-state index contributed by atoms with van der Waals surface area (Å²) in [6.07, 6.45) is -0.194. The second kappa shape index (κ2) is 4.73. The van der Waals surface area contributed by atoms with Crippen molar-refractivity contribution in [3.8, 4) is 0 Å². The number of nitrogens with two attached hydrogens (primary N) is 1. The van der Waals surface area contributed by atoms with E-state index in [1.165, 1.54) is 6.07 Å². The Balaban J connectivity index is 3.13. The number of ether oxygens (including phenoxy) is 1. The smallest absolute Gasteiger partial charge is 0.128 e. The van der Waals surface area contributed by atoms with Crippen LogP contribution in [0, 0.1) is 19.7 Å². The molecule has 0 spiro atoms. The molecule has 1 aromatic carbocycles. The third-order valence-corrected chi connectivity index (χ3v) is 2.69. The molecule has 1 rings (SSSR count). The number of benzene rings is 1. The van der Waals surface area contributed by atoms with Crippen molar-refractivity contribution in [2.24, 2.45) is 5.73 Å². The minimum Gasteiger partial charge on any atom is -0.380 e. The van der Waals surface area contributed by atoms with E-state index < -0.39 is 6.04 Å². The molecule has 0 aromatic heterocycles. The van der Waals surface area contributed by atoms with E-state index in [1.807, 2.05) is 26.8 Å². The summed E-state index contributed by atoms with van der Waals surface area (Å²) in [6, 6.07) is 3.01. The van der Waals surface area contributed by atoms with Crippen molar-refractivity contribution in [1.29, 1.82) is 0 Å². The summed E-state index contributed by atoms with van der Waals surface area (Å²) >= 11 is 0. The lowest BCUT2D eigenvalue weighted by Crippen LogP contribution is -2.27. The van der Waals surface area contributed by atoms with Crippen molar-refractivity contribution in [3.63, 3.8) is 0 Å². The van der Waals surface area contributed by atoms with Gasteiger partial charge in [-0.1, -0.05) is 6.07 Å². The van der Waals surface area contributed by atoms with Gasteiger partial charge in [-0.05, 0) is 38.0 Å². The quantitative estimate of drug-likeness (QED) is 0.833. The van der Waals surface area contributed by atoms with Crippen LogP contribution in [0.3, 0.4) is 0 Å². The molecule has 0 aliphatic carbocycles. The van der Waals surface area contributed by atoms with E-state index in [1.54, 1.807) is 7.11 Å². The van der Waals surface area contributed by atoms with Gasteiger partial charge in [-0.25, -0.2) is 4.39 Å². The Bertz CT molecular complexity index is 328. The molecule has 0 amide bonds. The Labute approximate surface area is 90.2 Å². The first-order chi connectivity index (χ1) is 6.97. The maximum absolute atomic E-state index is 13.7. The molecular weight excluding hydrogens is 193 g/mol. The van der Waals surface area contributed by atoms with E-state index in [-0.39, 0.29) is 11.9 Å². The van der Waals surface area contributed by atoms with E-state index in [0.717, 1.165) is 11.1 Å². The molecule has 2 atom stereocenters. The van der Waals surface area contributed by atoms with Crippen LogP contribution in [0.1, 0.15) is 29.7 Å². The zero-order chi connectivity index (χ0) is 11.6. The van der Waals surface area contributed by atoms with Gasteiger partial charge in [0, 0.05) is 12.7 Å². The first-order valence-electron chi connectivity index (χ1n) is 5.02. The van der Waals surface area contributed by atoms with Gasteiger partial charge in [-0.3, -0.25) is 0 Å². The summed E-state index contributed by atoms with van der Waals surface area (Å²) < 4.78 is 18.8. The molecule has 0 heterocycles. The molecule has 0 saturated carbocycles. The van der Waals surface area contributed by atoms with Gasteiger partial charge in [0.25, 0.3) is 0 Å². The van der Waals surface area contributed by atoms with Crippen molar-refractivity contribution >= 4 is 0 Å². The van der Waals surface area contributed by atoms with Gasteiger partial charge in [0.05, 0.1) is 12.1 Å². The maximum Gasteiger partial charge on any atom is 0.128 e. The lowest BCUT2D eigenvalue weighted by atomic mass is 9.96. The Hall–Kier alpha value is -0.930. The largest absolute Gasteiger partial charge is 0.380 e. The number of aryl methyl sites for hydroxylation is 2. The summed E-state index contributed by atoms with van der Waals surface area (Å²) in [4.78, 5) is 0. The molecule has 0 fully saturated rings. The van der Waals surface area contributed by atoms with Crippen LogP contribution in [0.15, 0.2) is 12.1 Å². The molecule has 84 valence electrons. The van der Waals surface area contributed by atoms with Crippen molar-refractivity contribution < 1.29 is 9.13 Å². The Morgan fingerprint density at radius 2 is 1.93 bits per heavy atom. The summed E-state index contributed by atoms with van der Waals surface area (Å²) in [6.45, 7) is 5.57. The summed E-state index contributed by atoms with van der Waals surface area (Å²) in [5.74, 6) is -0.246. The Morgan fingerprint density at radius 1 is 1.33 bits per heavy atom. The van der Waals surface area contributed by atoms with Crippen LogP contribution < -0.4 is 5.73 Å². The number of hydrogen-bond donors (Lipinski definition) is 1. The van der Waals surface area contributed by atoms with Gasteiger partial charge in [0.1, 0.15) is 5.82 Å². The van der Waals surface area contributed by atoms with Gasteiger partial charge < -0.3 is 10.5 Å². The lowest BCUT2D eigenvalue weighted by molar-refractivity contribution is 0.0943. The van der Waals surface area contributed by atoms with E-state index in [2.05, 4.69) is 0 Å². The van der Waals surface area contributed by atoms with E-state index in [4.69, 9.17) is 10.5 Å². The number of hydrogen-bond acceptors (Lipinski definition) is 2. The number of methoxy groups -OCH3 is 1. The minimum absolute atomic E-state index is 0.194. The topological polar surface area (TPSA) is 35.2 Å². The van der Waals surface area contributed by atoms with E-state index >= 15 is 0 Å². The average Bonchev–Trinajstić information content (AvgIpc) is 2.14. The zero-order valence-corrected chi connectivity index (χ0v) is 9.67. The van der Waals surface area contributed by atoms with E-state index in [9.17, 15) is 4.39 Å². The summed E-state index contributed by atoms with van der Waals surface area (Å²) in [5.41, 5.74) is 8.27. The fraction of sp³-hybridized carbons (Fsp3) is 0.500. The molecule has 0 saturated heterocycles. The predicted octanol–water partition coefficient (Wildman–Crippen LogP) is 2.48. The summed E-state index contributed by atoms with van der Waals surface area (Å²) in [7, 11) is 1.58. The van der Waals surface area contributed by atoms with Gasteiger partial charge in [-0.2, -0.15) is 0 Å². The molecule has 3 heteroatoms. The van der Waals surface area contributed by atoms with Crippen LogP contribution in [-0.2, 0) is 4.74 Å². The standard InChI is InChI=1S/C12H18FNO/c1-7-5-8(2)11(10(13)6-7)12(14)9(3)15-4/h5-6,9,12H,14H2,1-4H3. The van der Waals surface area contributed by atoms with Crippen LogP contribution >= 0.6 is 0 Å². The van der Waals surface area contributed by atoms with Crippen molar-refractivity contribution in [3.05, 3.63) is 34.6 Å². The van der Waals surface area contributed by atoms with Crippen molar-refractivity contribution in [2.75, 3.05) is 7.11 Å². The van der Waals surface area contributed by atoms with Crippen LogP contribution in [0.25, 0.3) is 0 Å². The SMILES string of the molecule is COC(C)C(N)c1c(C)cc(C)cc1F. The highest BCUT2D eigenvalue weighted by atomic mass is 19.1. The highest BCUT2D eigenvalue weighted by Gasteiger charge is 2.20. The molecule has 15 heavy (non-hydrogen) atoms. The second-order valence-corrected chi connectivity index (χ2v) is 3.94. The van der Waals surface area contributed by atoms with Crippen molar-refractivity contribution in [1.82, 2.24) is 0 Å². The zero-order valence-electron chi connectivity index (χ0n) is 9.67. The fourth-order valence-electron chi connectivity index (χ4n) is 1.73. The highest BCUT2D eigenvalue weighted by Crippen LogP contribution is 2.24. The normalized spacial score (nSPS) is 15.1. The van der Waals surface area contributed by atoms with Crippen LogP contribution in [0.2, 0.25) is 0 Å². The van der Waals surface area contributed by atoms with Crippen LogP contribution in [-0.4, -0.2) is 13.2 Å².